The summed E-state index contributed by atoms with van der Waals surface area (Å²) in [6.07, 6.45) is 5.93. The van der Waals surface area contributed by atoms with Crippen LogP contribution in [0.25, 0.3) is 0 Å². The molecule has 0 aliphatic rings. The molecule has 4 nitrogen and oxygen atoms in total. The molecule has 98 valence electrons. The summed E-state index contributed by atoms with van der Waals surface area (Å²) >= 11 is 0. The van der Waals surface area contributed by atoms with Crippen LogP contribution in [-0.4, -0.2) is 25.8 Å². The first kappa shape index (κ1) is 14.6. The third-order valence-corrected chi connectivity index (χ3v) is 4.46. The van der Waals surface area contributed by atoms with E-state index in [1.807, 2.05) is 6.92 Å². The van der Waals surface area contributed by atoms with E-state index in [-0.39, 0.29) is 11.4 Å². The van der Waals surface area contributed by atoms with Crippen molar-refractivity contribution in [1.82, 2.24) is 4.31 Å². The standard InChI is InChI=1S/C13H18N2O2S/c1-4-8-15(9-5-2)18(16,17)12-6-7-13(14)11(3)10-12/h1,6-7,10H,5,8-9,14H2,2-3H3. The molecule has 0 aliphatic heterocycles. The Morgan fingerprint density at radius 3 is 2.61 bits per heavy atom. The van der Waals surface area contributed by atoms with Crippen molar-refractivity contribution in [3.8, 4) is 12.3 Å². The van der Waals surface area contributed by atoms with E-state index < -0.39 is 10.0 Å². The Balaban J connectivity index is 3.18. The van der Waals surface area contributed by atoms with Gasteiger partial charge in [-0.2, -0.15) is 4.31 Å². The molecule has 0 amide bonds. The van der Waals surface area contributed by atoms with Crippen LogP contribution < -0.4 is 5.73 Å². The molecular formula is C13H18N2O2S. The molecule has 1 aromatic carbocycles. The molecule has 0 heterocycles. The zero-order valence-corrected chi connectivity index (χ0v) is 11.5. The van der Waals surface area contributed by atoms with Crippen LogP contribution in [0.2, 0.25) is 0 Å². The first-order chi connectivity index (χ1) is 8.43. The Kier molecular flexibility index (Phi) is 4.76. The highest BCUT2D eigenvalue weighted by molar-refractivity contribution is 7.89. The maximum absolute atomic E-state index is 12.4. The number of aryl methyl sites for hydroxylation is 1. The minimum absolute atomic E-state index is 0.0829. The normalized spacial score (nSPS) is 11.4. The third kappa shape index (κ3) is 3.03. The van der Waals surface area contributed by atoms with Gasteiger partial charge >= 0.3 is 0 Å². The molecule has 0 saturated heterocycles. The van der Waals surface area contributed by atoms with Crippen LogP contribution in [0.1, 0.15) is 18.9 Å². The summed E-state index contributed by atoms with van der Waals surface area (Å²) in [5, 5.41) is 0. The highest BCUT2D eigenvalue weighted by Crippen LogP contribution is 2.20. The van der Waals surface area contributed by atoms with Gasteiger partial charge in [-0.15, -0.1) is 6.42 Å². The van der Waals surface area contributed by atoms with Crippen molar-refractivity contribution in [1.29, 1.82) is 0 Å². The molecule has 1 aromatic rings. The Bertz CT molecular complexity index is 559. The average molecular weight is 266 g/mol. The maximum atomic E-state index is 12.4. The van der Waals surface area contributed by atoms with Crippen LogP contribution in [-0.2, 0) is 10.0 Å². The van der Waals surface area contributed by atoms with Crippen molar-refractivity contribution in [2.24, 2.45) is 0 Å². The second-order valence-electron chi connectivity index (χ2n) is 4.06. The van der Waals surface area contributed by atoms with Crippen LogP contribution in [0.5, 0.6) is 0 Å². The second-order valence-corrected chi connectivity index (χ2v) is 6.00. The Labute approximate surface area is 109 Å². The lowest BCUT2D eigenvalue weighted by atomic mass is 10.2. The molecule has 0 aliphatic carbocycles. The molecule has 0 unspecified atom stereocenters. The van der Waals surface area contributed by atoms with Gasteiger partial charge in [0.15, 0.2) is 0 Å². The summed E-state index contributed by atoms with van der Waals surface area (Å²) in [5.74, 6) is 2.38. The highest BCUT2D eigenvalue weighted by atomic mass is 32.2. The van der Waals surface area contributed by atoms with Gasteiger partial charge in [-0.05, 0) is 37.1 Å². The number of terminal acetylenes is 1. The van der Waals surface area contributed by atoms with E-state index in [9.17, 15) is 8.42 Å². The molecule has 0 spiro atoms. The smallest absolute Gasteiger partial charge is 0.243 e. The van der Waals surface area contributed by atoms with Gasteiger partial charge in [0.25, 0.3) is 0 Å². The average Bonchev–Trinajstić information content (AvgIpc) is 2.32. The van der Waals surface area contributed by atoms with E-state index in [1.54, 1.807) is 19.1 Å². The van der Waals surface area contributed by atoms with E-state index in [0.29, 0.717) is 12.2 Å². The topological polar surface area (TPSA) is 63.4 Å². The summed E-state index contributed by atoms with van der Waals surface area (Å²) in [6, 6.07) is 4.68. The third-order valence-electron chi connectivity index (χ3n) is 2.62. The largest absolute Gasteiger partial charge is 0.399 e. The maximum Gasteiger partial charge on any atom is 0.243 e. The summed E-state index contributed by atoms with van der Waals surface area (Å²) in [5.41, 5.74) is 7.01. The fraction of sp³-hybridized carbons (Fsp3) is 0.385. The van der Waals surface area contributed by atoms with Crippen molar-refractivity contribution in [3.63, 3.8) is 0 Å². The van der Waals surface area contributed by atoms with Crippen LogP contribution >= 0.6 is 0 Å². The van der Waals surface area contributed by atoms with Gasteiger partial charge in [-0.1, -0.05) is 12.8 Å². The molecule has 0 fully saturated rings. The lowest BCUT2D eigenvalue weighted by Crippen LogP contribution is -2.32. The minimum Gasteiger partial charge on any atom is -0.399 e. The Morgan fingerprint density at radius 1 is 1.44 bits per heavy atom. The van der Waals surface area contributed by atoms with Crippen molar-refractivity contribution in [2.75, 3.05) is 18.8 Å². The monoisotopic (exact) mass is 266 g/mol. The van der Waals surface area contributed by atoms with Gasteiger partial charge < -0.3 is 5.73 Å². The quantitative estimate of drug-likeness (QED) is 0.650. The molecule has 0 radical (unpaired) electrons. The summed E-state index contributed by atoms with van der Waals surface area (Å²) in [7, 11) is -3.53. The van der Waals surface area contributed by atoms with E-state index in [2.05, 4.69) is 5.92 Å². The molecule has 5 heteroatoms. The van der Waals surface area contributed by atoms with Gasteiger partial charge in [0.1, 0.15) is 0 Å². The molecule has 0 bridgehead atoms. The zero-order valence-electron chi connectivity index (χ0n) is 10.7. The van der Waals surface area contributed by atoms with Gasteiger partial charge in [0, 0.05) is 12.2 Å². The van der Waals surface area contributed by atoms with E-state index in [4.69, 9.17) is 12.2 Å². The van der Waals surface area contributed by atoms with Gasteiger partial charge in [0.2, 0.25) is 10.0 Å². The lowest BCUT2D eigenvalue weighted by Gasteiger charge is -2.19. The number of benzene rings is 1. The molecule has 1 rings (SSSR count). The molecule has 0 atom stereocenters. The van der Waals surface area contributed by atoms with Crippen LogP contribution in [0, 0.1) is 19.3 Å². The first-order valence-electron chi connectivity index (χ1n) is 5.73. The lowest BCUT2D eigenvalue weighted by molar-refractivity contribution is 0.445. The van der Waals surface area contributed by atoms with Crippen molar-refractivity contribution >= 4 is 15.7 Å². The van der Waals surface area contributed by atoms with Crippen molar-refractivity contribution < 1.29 is 8.42 Å². The number of nitrogens with zero attached hydrogens (tertiary/aromatic N) is 1. The number of anilines is 1. The first-order valence-corrected chi connectivity index (χ1v) is 7.17. The Morgan fingerprint density at radius 2 is 2.11 bits per heavy atom. The SMILES string of the molecule is C#CCN(CCC)S(=O)(=O)c1ccc(N)c(C)c1. The Hall–Kier alpha value is -1.51. The van der Waals surface area contributed by atoms with Gasteiger partial charge in [0.05, 0.1) is 11.4 Å². The molecule has 2 N–H and O–H groups in total. The fourth-order valence-corrected chi connectivity index (χ4v) is 3.12. The fourth-order valence-electron chi connectivity index (χ4n) is 1.59. The molecule has 0 saturated carbocycles. The van der Waals surface area contributed by atoms with Gasteiger partial charge in [-0.3, -0.25) is 0 Å². The number of rotatable bonds is 5. The molecule has 18 heavy (non-hydrogen) atoms. The summed E-state index contributed by atoms with van der Waals surface area (Å²) in [6.45, 7) is 4.18. The number of hydrogen-bond acceptors (Lipinski definition) is 3. The molecular weight excluding hydrogens is 248 g/mol. The highest BCUT2D eigenvalue weighted by Gasteiger charge is 2.23. The van der Waals surface area contributed by atoms with E-state index >= 15 is 0 Å². The number of nitrogen functional groups attached to an aromatic ring is 1. The summed E-state index contributed by atoms with van der Waals surface area (Å²) < 4.78 is 26.0. The summed E-state index contributed by atoms with van der Waals surface area (Å²) in [4.78, 5) is 0.234. The van der Waals surface area contributed by atoms with Gasteiger partial charge in [-0.25, -0.2) is 8.42 Å². The zero-order chi connectivity index (χ0) is 13.8. The predicted molar refractivity (Wildman–Crippen MR) is 73.5 cm³/mol. The number of nitrogens with two attached hydrogens (primary N) is 1. The van der Waals surface area contributed by atoms with Crippen LogP contribution in [0.15, 0.2) is 23.1 Å². The van der Waals surface area contributed by atoms with Crippen molar-refractivity contribution in [2.45, 2.75) is 25.2 Å². The van der Waals surface area contributed by atoms with E-state index in [1.165, 1.54) is 10.4 Å². The number of sulfonamides is 1. The molecule has 0 aromatic heterocycles. The van der Waals surface area contributed by atoms with Crippen LogP contribution in [0.3, 0.4) is 0 Å². The van der Waals surface area contributed by atoms with Crippen LogP contribution in [0.4, 0.5) is 5.69 Å². The minimum atomic E-state index is -3.53. The van der Waals surface area contributed by atoms with E-state index in [0.717, 1.165) is 12.0 Å². The second kappa shape index (κ2) is 5.89. The predicted octanol–water partition coefficient (Wildman–Crippen LogP) is 1.61. The van der Waals surface area contributed by atoms with Crippen molar-refractivity contribution in [3.05, 3.63) is 23.8 Å². The number of hydrogen-bond donors (Lipinski definition) is 1.